The Bertz CT molecular complexity index is 691. The Balaban J connectivity index is 1.22. The Morgan fingerprint density at radius 2 is 1.92 bits per heavy atom. The number of carbonyl (C=O) groups excluding carboxylic acids is 1. The second-order valence-corrected chi connectivity index (χ2v) is 9.09. The Kier molecular flexibility index (Phi) is 3.75. The molecule has 140 valence electrons. The normalized spacial score (nSPS) is 40.8. The molecule has 6 nitrogen and oxygen atoms in total. The van der Waals surface area contributed by atoms with Gasteiger partial charge in [0.05, 0.1) is 5.60 Å². The number of carbonyl (C=O) groups is 1. The summed E-state index contributed by atoms with van der Waals surface area (Å²) in [5.41, 5.74) is 0.563. The van der Waals surface area contributed by atoms with Crippen molar-refractivity contribution in [1.82, 2.24) is 14.9 Å². The topological polar surface area (TPSA) is 75.6 Å². The van der Waals surface area contributed by atoms with Crippen LogP contribution in [0.5, 0.6) is 0 Å². The minimum atomic E-state index is -0.485. The zero-order valence-electron chi connectivity index (χ0n) is 15.3. The molecule has 3 atom stereocenters. The second-order valence-electron chi connectivity index (χ2n) is 9.09. The quantitative estimate of drug-likeness (QED) is 0.881. The van der Waals surface area contributed by atoms with E-state index in [2.05, 4.69) is 9.97 Å². The maximum absolute atomic E-state index is 12.7. The smallest absolute Gasteiger partial charge is 0.410 e. The summed E-state index contributed by atoms with van der Waals surface area (Å²) in [5.74, 6) is 2.33. The summed E-state index contributed by atoms with van der Waals surface area (Å²) in [6.45, 7) is 3.31. The van der Waals surface area contributed by atoms with Crippen LogP contribution >= 0.6 is 0 Å². The minimum Gasteiger partial charge on any atom is -0.446 e. The van der Waals surface area contributed by atoms with Gasteiger partial charge in [-0.15, -0.1) is 0 Å². The average Bonchev–Trinajstić information content (AvgIpc) is 3.07. The van der Waals surface area contributed by atoms with E-state index in [0.29, 0.717) is 30.8 Å². The van der Waals surface area contributed by atoms with Gasteiger partial charge in [-0.25, -0.2) is 14.8 Å². The van der Waals surface area contributed by atoms with E-state index in [-0.39, 0.29) is 18.1 Å². The lowest BCUT2D eigenvalue weighted by Crippen LogP contribution is -2.58. The maximum atomic E-state index is 12.7. The first-order chi connectivity index (χ1) is 12.5. The number of rotatable bonds is 2. The molecule has 1 aromatic rings. The lowest BCUT2D eigenvalue weighted by atomic mass is 9.53. The molecular weight excluding hydrogens is 330 g/mol. The summed E-state index contributed by atoms with van der Waals surface area (Å²) in [7, 11) is 0. The SMILES string of the molecule is Cc1cnc(C2CCN(C(=O)OC3C4CC5CC3CC(O)(C5)C4)C2)nc1. The number of hydrogen-bond donors (Lipinski definition) is 1. The zero-order chi connectivity index (χ0) is 17.9. The molecule has 4 saturated carbocycles. The monoisotopic (exact) mass is 357 g/mol. The molecule has 4 aliphatic carbocycles. The minimum absolute atomic E-state index is 0.00556. The van der Waals surface area contributed by atoms with Gasteiger partial charge in [-0.3, -0.25) is 0 Å². The van der Waals surface area contributed by atoms with Crippen molar-refractivity contribution >= 4 is 6.09 Å². The summed E-state index contributed by atoms with van der Waals surface area (Å²) in [4.78, 5) is 23.4. The first kappa shape index (κ1) is 16.5. The molecule has 2 heterocycles. The molecule has 5 aliphatic rings. The maximum Gasteiger partial charge on any atom is 0.410 e. The van der Waals surface area contributed by atoms with E-state index in [1.807, 2.05) is 24.2 Å². The van der Waals surface area contributed by atoms with Gasteiger partial charge >= 0.3 is 6.09 Å². The van der Waals surface area contributed by atoms with Crippen molar-refractivity contribution in [2.75, 3.05) is 13.1 Å². The predicted molar refractivity (Wildman–Crippen MR) is 94.5 cm³/mol. The van der Waals surface area contributed by atoms with E-state index in [4.69, 9.17) is 4.74 Å². The van der Waals surface area contributed by atoms with Crippen LogP contribution in [-0.4, -0.2) is 50.9 Å². The van der Waals surface area contributed by atoms with Crippen molar-refractivity contribution in [3.63, 3.8) is 0 Å². The highest BCUT2D eigenvalue weighted by Crippen LogP contribution is 2.56. The van der Waals surface area contributed by atoms with E-state index < -0.39 is 5.60 Å². The largest absolute Gasteiger partial charge is 0.446 e. The van der Waals surface area contributed by atoms with Gasteiger partial charge < -0.3 is 14.7 Å². The van der Waals surface area contributed by atoms with Gasteiger partial charge in [0.1, 0.15) is 11.9 Å². The number of aromatic nitrogens is 2. The fourth-order valence-corrected chi connectivity index (χ4v) is 6.07. The molecule has 3 unspecified atom stereocenters. The third kappa shape index (κ3) is 2.79. The van der Waals surface area contributed by atoms with Crippen LogP contribution in [0.3, 0.4) is 0 Å². The standard InChI is InChI=1S/C20H27N3O3/c1-12-9-21-18(22-10-12)14-2-3-23(11-14)19(24)26-17-15-4-13-5-16(17)8-20(25,6-13)7-15/h9-10,13-17,25H,2-8,11H2,1H3. The molecule has 1 aromatic heterocycles. The van der Waals surface area contributed by atoms with Gasteiger partial charge in [0, 0.05) is 31.4 Å². The van der Waals surface area contributed by atoms with E-state index in [1.54, 1.807) is 0 Å². The lowest BCUT2D eigenvalue weighted by Gasteiger charge is -2.57. The lowest BCUT2D eigenvalue weighted by molar-refractivity contribution is -0.177. The average molecular weight is 357 g/mol. The van der Waals surface area contributed by atoms with Crippen LogP contribution in [0.1, 0.15) is 55.8 Å². The van der Waals surface area contributed by atoms with Crippen molar-refractivity contribution in [1.29, 1.82) is 0 Å². The molecule has 6 rings (SSSR count). The number of aryl methyl sites for hydroxylation is 1. The molecule has 5 fully saturated rings. The first-order valence-corrected chi connectivity index (χ1v) is 9.95. The molecule has 26 heavy (non-hydrogen) atoms. The van der Waals surface area contributed by atoms with E-state index in [9.17, 15) is 9.90 Å². The fraction of sp³-hybridized carbons (Fsp3) is 0.750. The number of likely N-dealkylation sites (tertiary alicyclic amines) is 1. The van der Waals surface area contributed by atoms with Crippen molar-refractivity contribution in [3.05, 3.63) is 23.8 Å². The van der Waals surface area contributed by atoms with Crippen molar-refractivity contribution in [3.8, 4) is 0 Å². The zero-order valence-corrected chi connectivity index (χ0v) is 15.3. The van der Waals surface area contributed by atoms with Crippen LogP contribution in [0.25, 0.3) is 0 Å². The summed E-state index contributed by atoms with van der Waals surface area (Å²) in [5, 5.41) is 10.7. The van der Waals surface area contributed by atoms with Crippen LogP contribution in [0.4, 0.5) is 4.79 Å². The molecule has 0 radical (unpaired) electrons. The van der Waals surface area contributed by atoms with Gasteiger partial charge in [0.25, 0.3) is 0 Å². The Morgan fingerprint density at radius 3 is 2.58 bits per heavy atom. The molecule has 0 spiro atoms. The van der Waals surface area contributed by atoms with Crippen LogP contribution in [0.15, 0.2) is 12.4 Å². The number of nitrogens with zero attached hydrogens (tertiary/aromatic N) is 3. The third-order valence-electron chi connectivity index (χ3n) is 7.00. The molecule has 1 saturated heterocycles. The summed E-state index contributed by atoms with van der Waals surface area (Å²) in [6.07, 6.45) is 9.13. The highest BCUT2D eigenvalue weighted by Gasteiger charge is 2.56. The molecule has 6 heteroatoms. The van der Waals surface area contributed by atoms with Crippen LogP contribution in [0, 0.1) is 24.7 Å². The molecule has 0 aromatic carbocycles. The van der Waals surface area contributed by atoms with E-state index >= 15 is 0 Å². The Labute approximate surface area is 154 Å². The third-order valence-corrected chi connectivity index (χ3v) is 7.00. The number of amides is 1. The second kappa shape index (κ2) is 5.91. The van der Waals surface area contributed by atoms with Crippen molar-refractivity contribution in [2.45, 2.75) is 63.1 Å². The number of hydrogen-bond acceptors (Lipinski definition) is 5. The highest BCUT2D eigenvalue weighted by atomic mass is 16.6. The van der Waals surface area contributed by atoms with Gasteiger partial charge in [0.2, 0.25) is 0 Å². The van der Waals surface area contributed by atoms with Crippen LogP contribution in [-0.2, 0) is 4.74 Å². The van der Waals surface area contributed by atoms with Gasteiger partial charge in [-0.1, -0.05) is 0 Å². The molecule has 1 N–H and O–H groups in total. The fourth-order valence-electron chi connectivity index (χ4n) is 6.07. The van der Waals surface area contributed by atoms with Crippen LogP contribution < -0.4 is 0 Å². The van der Waals surface area contributed by atoms with Crippen molar-refractivity contribution in [2.24, 2.45) is 17.8 Å². The molecule has 1 amide bonds. The van der Waals surface area contributed by atoms with E-state index in [1.165, 1.54) is 0 Å². The number of aliphatic hydroxyl groups is 1. The summed E-state index contributed by atoms with van der Waals surface area (Å²) < 4.78 is 5.99. The molecule has 4 bridgehead atoms. The van der Waals surface area contributed by atoms with Crippen LogP contribution in [0.2, 0.25) is 0 Å². The highest BCUT2D eigenvalue weighted by molar-refractivity contribution is 5.68. The summed E-state index contributed by atoms with van der Waals surface area (Å²) >= 11 is 0. The Hall–Kier alpha value is -1.69. The first-order valence-electron chi connectivity index (χ1n) is 9.95. The van der Waals surface area contributed by atoms with Gasteiger partial charge in [-0.05, 0) is 68.8 Å². The predicted octanol–water partition coefficient (Wildman–Crippen LogP) is 2.65. The Morgan fingerprint density at radius 1 is 1.23 bits per heavy atom. The van der Waals surface area contributed by atoms with E-state index in [0.717, 1.165) is 49.9 Å². The summed E-state index contributed by atoms with van der Waals surface area (Å²) in [6, 6.07) is 0. The number of ether oxygens (including phenoxy) is 1. The van der Waals surface area contributed by atoms with Gasteiger partial charge in [-0.2, -0.15) is 0 Å². The van der Waals surface area contributed by atoms with Crippen molar-refractivity contribution < 1.29 is 14.6 Å². The molecule has 1 aliphatic heterocycles. The molecular formula is C20H27N3O3. The van der Waals surface area contributed by atoms with Gasteiger partial charge in [0.15, 0.2) is 0 Å².